The lowest BCUT2D eigenvalue weighted by Crippen LogP contribution is -2.61. The van der Waals surface area contributed by atoms with Gasteiger partial charge in [-0.05, 0) is 78.6 Å². The first-order chi connectivity index (χ1) is 33.6. The molecule has 418 valence electrons. The number of likely N-dealkylation sites (N-methyl/N-ethyl adjacent to an activating group) is 5. The highest BCUT2D eigenvalue weighted by molar-refractivity contribution is 6.00. The summed E-state index contributed by atoms with van der Waals surface area (Å²) in [5, 5.41) is 21.4. The van der Waals surface area contributed by atoms with Crippen LogP contribution in [0.25, 0.3) is 0 Å². The van der Waals surface area contributed by atoms with E-state index in [4.69, 9.17) is 9.47 Å². The number of ether oxygens (including phenoxy) is 2. The van der Waals surface area contributed by atoms with Gasteiger partial charge in [-0.2, -0.15) is 0 Å². The van der Waals surface area contributed by atoms with Crippen molar-refractivity contribution < 1.29 is 67.3 Å². The summed E-state index contributed by atoms with van der Waals surface area (Å²) in [4.78, 5) is 155. The zero-order valence-corrected chi connectivity index (χ0v) is 47.0. The normalized spacial score (nSPS) is 14.4. The van der Waals surface area contributed by atoms with Crippen molar-refractivity contribution in [2.24, 2.45) is 23.7 Å². The average molecular weight is 1040 g/mol. The van der Waals surface area contributed by atoms with Gasteiger partial charge in [-0.1, -0.05) is 48.5 Å². The fraction of sp³-hybridized carbons (Fsp3) is 0.780. The fourth-order valence-corrected chi connectivity index (χ4v) is 7.87. The largest absolute Gasteiger partial charge is 0.465 e. The molecule has 0 aliphatic carbocycles. The Balaban J connectivity index is 6.83. The molecular weight excluding hydrogens is 951 g/mol. The van der Waals surface area contributed by atoms with Crippen molar-refractivity contribution in [3.05, 3.63) is 0 Å². The highest BCUT2D eigenvalue weighted by atomic mass is 16.6. The van der Waals surface area contributed by atoms with Crippen molar-refractivity contribution in [1.82, 2.24) is 45.8 Å². The van der Waals surface area contributed by atoms with Gasteiger partial charge in [0, 0.05) is 61.5 Å². The van der Waals surface area contributed by atoms with Gasteiger partial charge in [0.1, 0.15) is 42.3 Å². The molecule has 0 saturated heterocycles. The quantitative estimate of drug-likeness (QED) is 0.0524. The van der Waals surface area contributed by atoms with E-state index in [1.54, 1.807) is 20.8 Å². The molecule has 5 N–H and O–H groups in total. The maximum absolute atomic E-state index is 14.6. The van der Waals surface area contributed by atoms with Crippen LogP contribution in [0, 0.1) is 23.7 Å². The maximum Gasteiger partial charge on any atom is 0.323 e. The van der Waals surface area contributed by atoms with Crippen molar-refractivity contribution in [2.75, 3.05) is 55.5 Å². The van der Waals surface area contributed by atoms with E-state index in [2.05, 4.69) is 21.3 Å². The first-order valence-electron chi connectivity index (χ1n) is 25.2. The summed E-state index contributed by atoms with van der Waals surface area (Å²) in [6.07, 6.45) is -0.188. The maximum atomic E-state index is 14.6. The molecule has 0 unspecified atom stereocenters. The molecule has 0 radical (unpaired) electrons. The summed E-state index contributed by atoms with van der Waals surface area (Å²) in [7, 11) is 8.02. The molecule has 23 nitrogen and oxygen atoms in total. The third-order valence-electron chi connectivity index (χ3n) is 12.2. The molecule has 0 spiro atoms. The Hall–Kier alpha value is -5.87. The minimum atomic E-state index is -1.62. The summed E-state index contributed by atoms with van der Waals surface area (Å²) >= 11 is 0. The first kappa shape index (κ1) is 67.1. The Bertz CT molecular complexity index is 1900. The van der Waals surface area contributed by atoms with Crippen LogP contribution in [0.15, 0.2) is 0 Å². The van der Waals surface area contributed by atoms with Crippen molar-refractivity contribution in [2.45, 2.75) is 176 Å². The van der Waals surface area contributed by atoms with E-state index in [0.29, 0.717) is 6.42 Å². The summed E-state index contributed by atoms with van der Waals surface area (Å²) in [6.45, 7) is 20.9. The van der Waals surface area contributed by atoms with Gasteiger partial charge < -0.3 is 55.4 Å². The number of carbonyl (C=O) groups excluding carboxylic acids is 11. The molecule has 23 heteroatoms. The zero-order valence-electron chi connectivity index (χ0n) is 47.0. The molecule has 0 fully saturated rings. The van der Waals surface area contributed by atoms with Crippen LogP contribution in [0.4, 0.5) is 4.79 Å². The summed E-state index contributed by atoms with van der Waals surface area (Å²) in [5.41, 5.74) is -1.59. The summed E-state index contributed by atoms with van der Waals surface area (Å²) < 4.78 is 10.3. The van der Waals surface area contributed by atoms with Crippen LogP contribution in [-0.4, -0.2) is 198 Å². The number of esters is 2. The predicted octanol–water partition coefficient (Wildman–Crippen LogP) is 1.43. The van der Waals surface area contributed by atoms with E-state index < -0.39 is 131 Å². The molecule has 7 atom stereocenters. The summed E-state index contributed by atoms with van der Waals surface area (Å²) in [5.74, 6) is -10.1. The Morgan fingerprint density at radius 1 is 0.534 bits per heavy atom. The minimum Gasteiger partial charge on any atom is -0.465 e. The molecule has 0 heterocycles. The number of hydrogen-bond donors (Lipinski definition) is 5. The Kier molecular flexibility index (Phi) is 28.5. The van der Waals surface area contributed by atoms with E-state index in [0.717, 1.165) is 19.6 Å². The lowest BCUT2D eigenvalue weighted by molar-refractivity contribution is -0.164. The number of nitrogens with zero attached hydrogens (tertiary/aromatic N) is 5. The van der Waals surface area contributed by atoms with Gasteiger partial charge in [0.25, 0.3) is 5.91 Å². The number of carbonyl (C=O) groups is 11. The number of imide groups is 1. The Labute approximate surface area is 432 Å². The van der Waals surface area contributed by atoms with Crippen LogP contribution in [0.5, 0.6) is 0 Å². The van der Waals surface area contributed by atoms with Gasteiger partial charge in [0.05, 0.1) is 18.8 Å². The minimum absolute atomic E-state index is 0.0114. The molecule has 73 heavy (non-hydrogen) atoms. The van der Waals surface area contributed by atoms with Crippen molar-refractivity contribution in [3.63, 3.8) is 0 Å². The first-order valence-corrected chi connectivity index (χ1v) is 25.2. The third-order valence-corrected chi connectivity index (χ3v) is 12.2. The monoisotopic (exact) mass is 1040 g/mol. The lowest BCUT2D eigenvalue weighted by Gasteiger charge is -2.38. The van der Waals surface area contributed by atoms with Crippen LogP contribution >= 0.6 is 0 Å². The van der Waals surface area contributed by atoms with E-state index in [-0.39, 0.29) is 50.7 Å². The molecule has 0 saturated carbocycles. The van der Waals surface area contributed by atoms with Crippen molar-refractivity contribution in [1.29, 1.82) is 0 Å². The van der Waals surface area contributed by atoms with E-state index in [1.807, 2.05) is 27.7 Å². The molecular formula is C50H89N9O14. The number of amides is 10. The molecule has 0 bridgehead atoms. The van der Waals surface area contributed by atoms with Crippen LogP contribution < -0.4 is 21.3 Å². The Morgan fingerprint density at radius 2 is 0.973 bits per heavy atom. The smallest absolute Gasteiger partial charge is 0.323 e. The zero-order chi connectivity index (χ0) is 57.0. The van der Waals surface area contributed by atoms with Gasteiger partial charge >= 0.3 is 18.0 Å². The SMILES string of the molecule is CCCC(=O)N(C)[C@H](CC(C(=O)OCC)C(=O)OCC)C(=O)N(C)[C@@H](CC(C)(C)O)C(=O)N[C@H](C(=O)N(C)[C@@H](CC(C)C)C(=O)N[C@H](C)C(=O)N[C@@H](C)C(=O)N(C)[C@@H](CC(C)C)C(=O)N(C)C(=O)NC)C(C)C. The molecule has 0 aliphatic heterocycles. The number of rotatable bonds is 29. The van der Waals surface area contributed by atoms with E-state index in [9.17, 15) is 57.8 Å². The molecule has 0 aromatic carbocycles. The number of hydrogen-bond acceptors (Lipinski definition) is 14. The fourth-order valence-electron chi connectivity index (χ4n) is 7.87. The molecule has 0 aliphatic rings. The standard InChI is InChI=1S/C50H89N9O14/c1-20-23-38(60)55(15)36(26-33(47(68)72-21-2)48(69)73-22-3)44(65)58(18)37(27-50(12,13)71)42(63)54-39(30(8)9)46(67)56(16)34(24-28(4)5)41(62)52-31(10)40(61)53-32(11)43(64)57(17)35(25-29(6)7)45(66)59(19)49(70)51-14/h28-37,39,71H,20-27H2,1-19H3,(H,51,70)(H,52,62)(H,53,61)(H,54,63)/t31-,32+,34+,35+,36-,37+,39+/m1/s1. The second-order valence-electron chi connectivity index (χ2n) is 20.4. The Morgan fingerprint density at radius 3 is 1.41 bits per heavy atom. The highest BCUT2D eigenvalue weighted by Gasteiger charge is 2.44. The van der Waals surface area contributed by atoms with Gasteiger partial charge in [0.2, 0.25) is 41.4 Å². The van der Waals surface area contributed by atoms with Crippen LogP contribution in [-0.2, 0) is 57.4 Å². The van der Waals surface area contributed by atoms with Gasteiger partial charge in [-0.15, -0.1) is 0 Å². The van der Waals surface area contributed by atoms with Crippen molar-refractivity contribution in [3.8, 4) is 0 Å². The van der Waals surface area contributed by atoms with E-state index in [1.165, 1.54) is 88.7 Å². The predicted molar refractivity (Wildman–Crippen MR) is 272 cm³/mol. The number of urea groups is 1. The molecule has 10 amide bonds. The van der Waals surface area contributed by atoms with E-state index >= 15 is 0 Å². The van der Waals surface area contributed by atoms with Crippen molar-refractivity contribution >= 4 is 65.2 Å². The second kappa shape index (κ2) is 31.0. The van der Waals surface area contributed by atoms with Gasteiger partial charge in [-0.3, -0.25) is 52.8 Å². The van der Waals surface area contributed by atoms with Crippen LogP contribution in [0.3, 0.4) is 0 Å². The number of aliphatic hydroxyl groups is 1. The second-order valence-corrected chi connectivity index (χ2v) is 20.4. The molecule has 0 aromatic rings. The van der Waals surface area contributed by atoms with Gasteiger partial charge in [0.15, 0.2) is 5.92 Å². The lowest BCUT2D eigenvalue weighted by atomic mass is 9.93. The topological polar surface area (TPSA) is 291 Å². The van der Waals surface area contributed by atoms with Gasteiger partial charge in [-0.25, -0.2) is 4.79 Å². The third kappa shape index (κ3) is 20.9. The molecule has 0 aromatic heterocycles. The van der Waals surface area contributed by atoms with Crippen LogP contribution in [0.2, 0.25) is 0 Å². The highest BCUT2D eigenvalue weighted by Crippen LogP contribution is 2.24. The number of nitrogens with one attached hydrogen (secondary N) is 4. The molecule has 0 rings (SSSR count). The average Bonchev–Trinajstić information content (AvgIpc) is 3.30. The summed E-state index contributed by atoms with van der Waals surface area (Å²) in [6, 6.07) is -9.62. The van der Waals surface area contributed by atoms with Crippen LogP contribution in [0.1, 0.15) is 129 Å².